The normalized spacial score (nSPS) is 23.4. The number of piperidine rings is 2. The van der Waals surface area contributed by atoms with Gasteiger partial charge in [0.15, 0.2) is 11.6 Å². The third kappa shape index (κ3) is 3.55. The number of hydrogen-bond donors (Lipinski definition) is 1. The maximum atomic E-state index is 13.9. The summed E-state index contributed by atoms with van der Waals surface area (Å²) >= 11 is 0. The molecule has 2 aromatic rings. The average Bonchev–Trinajstić information content (AvgIpc) is 3.02. The van der Waals surface area contributed by atoms with E-state index in [0.717, 1.165) is 31.4 Å². The first-order chi connectivity index (χ1) is 13.4. The number of rotatable bonds is 3. The molecule has 9 heteroatoms. The van der Waals surface area contributed by atoms with Gasteiger partial charge in [-0.25, -0.2) is 18.2 Å². The number of amides is 1. The highest BCUT2D eigenvalue weighted by molar-refractivity contribution is 5.83. The third-order valence-corrected chi connectivity index (χ3v) is 5.63. The Labute approximate surface area is 161 Å². The molecule has 6 nitrogen and oxygen atoms in total. The molecular weight excluding hydrogens is 371 g/mol. The van der Waals surface area contributed by atoms with Crippen LogP contribution in [-0.2, 0) is 11.3 Å². The molecule has 28 heavy (non-hydrogen) atoms. The van der Waals surface area contributed by atoms with Crippen molar-refractivity contribution in [1.29, 1.82) is 0 Å². The maximum Gasteiger partial charge on any atom is 0.242 e. The van der Waals surface area contributed by atoms with E-state index < -0.39 is 23.8 Å². The number of aromatic nitrogens is 2. The van der Waals surface area contributed by atoms with Crippen LogP contribution in [-0.4, -0.2) is 58.8 Å². The first-order valence-electron chi connectivity index (χ1n) is 9.71. The standard InChI is InChI=1S/C19H24F3N5O/c20-12-4-7-26(10-15(12)23)19-24-16-8-13(21)14(22)9-17(16)27(19)11-18(28)25-5-2-1-3-6-25/h8-9,12,15H,1-7,10-11,23H2/t12-,15-/m1/s1. The summed E-state index contributed by atoms with van der Waals surface area (Å²) in [5.74, 6) is -1.68. The van der Waals surface area contributed by atoms with E-state index in [9.17, 15) is 18.0 Å². The summed E-state index contributed by atoms with van der Waals surface area (Å²) in [7, 11) is 0. The number of hydrogen-bond acceptors (Lipinski definition) is 4. The highest BCUT2D eigenvalue weighted by atomic mass is 19.2. The van der Waals surface area contributed by atoms with Crippen LogP contribution in [0.4, 0.5) is 19.1 Å². The number of imidazole rings is 1. The zero-order valence-corrected chi connectivity index (χ0v) is 15.6. The molecule has 1 amide bonds. The Morgan fingerprint density at radius 3 is 2.57 bits per heavy atom. The molecule has 3 heterocycles. The van der Waals surface area contributed by atoms with Gasteiger partial charge in [-0.1, -0.05) is 0 Å². The molecule has 1 aromatic heterocycles. The van der Waals surface area contributed by atoms with Gasteiger partial charge in [0, 0.05) is 38.3 Å². The molecule has 1 aromatic carbocycles. The van der Waals surface area contributed by atoms with E-state index in [-0.39, 0.29) is 30.9 Å². The van der Waals surface area contributed by atoms with Gasteiger partial charge in [0.2, 0.25) is 11.9 Å². The van der Waals surface area contributed by atoms with Gasteiger partial charge in [0.05, 0.1) is 17.1 Å². The van der Waals surface area contributed by atoms with E-state index in [0.29, 0.717) is 31.1 Å². The number of carbonyl (C=O) groups is 1. The minimum Gasteiger partial charge on any atom is -0.341 e. The summed E-state index contributed by atoms with van der Waals surface area (Å²) in [4.78, 5) is 20.8. The molecular formula is C19H24F3N5O. The molecule has 0 radical (unpaired) electrons. The molecule has 0 bridgehead atoms. The summed E-state index contributed by atoms with van der Waals surface area (Å²) in [5, 5.41) is 0. The predicted molar refractivity (Wildman–Crippen MR) is 99.8 cm³/mol. The Hall–Kier alpha value is -2.29. The van der Waals surface area contributed by atoms with Crippen LogP contribution in [0.3, 0.4) is 0 Å². The lowest BCUT2D eigenvalue weighted by molar-refractivity contribution is -0.132. The number of halogens is 3. The van der Waals surface area contributed by atoms with Crippen LogP contribution < -0.4 is 10.6 Å². The Balaban J connectivity index is 1.71. The Kier molecular flexibility index (Phi) is 5.18. The van der Waals surface area contributed by atoms with Crippen LogP contribution in [0.5, 0.6) is 0 Å². The summed E-state index contributed by atoms with van der Waals surface area (Å²) in [6.07, 6.45) is 2.17. The van der Waals surface area contributed by atoms with Crippen molar-refractivity contribution in [1.82, 2.24) is 14.5 Å². The van der Waals surface area contributed by atoms with Gasteiger partial charge in [-0.2, -0.15) is 0 Å². The van der Waals surface area contributed by atoms with Crippen LogP contribution in [0.25, 0.3) is 11.0 Å². The van der Waals surface area contributed by atoms with Crippen molar-refractivity contribution in [3.63, 3.8) is 0 Å². The minimum atomic E-state index is -1.10. The SMILES string of the molecule is N[C@@H]1CN(c2nc3cc(F)c(F)cc3n2CC(=O)N2CCCCC2)CC[C@H]1F. The van der Waals surface area contributed by atoms with Crippen molar-refractivity contribution >= 4 is 22.9 Å². The fourth-order valence-corrected chi connectivity index (χ4v) is 4.02. The van der Waals surface area contributed by atoms with E-state index in [1.807, 2.05) is 0 Å². The minimum absolute atomic E-state index is 0.0261. The van der Waals surface area contributed by atoms with Crippen LogP contribution in [0.1, 0.15) is 25.7 Å². The van der Waals surface area contributed by atoms with E-state index in [1.54, 1.807) is 14.4 Å². The number of nitrogens with two attached hydrogens (primary N) is 1. The molecule has 2 aliphatic heterocycles. The van der Waals surface area contributed by atoms with Crippen molar-refractivity contribution in [3.05, 3.63) is 23.8 Å². The lowest BCUT2D eigenvalue weighted by Crippen LogP contribution is -2.50. The topological polar surface area (TPSA) is 67.4 Å². The number of nitrogens with zero attached hydrogens (tertiary/aromatic N) is 4. The van der Waals surface area contributed by atoms with Gasteiger partial charge in [-0.05, 0) is 25.7 Å². The van der Waals surface area contributed by atoms with Gasteiger partial charge in [-0.3, -0.25) is 4.79 Å². The molecule has 152 valence electrons. The van der Waals surface area contributed by atoms with Gasteiger partial charge >= 0.3 is 0 Å². The molecule has 0 aliphatic carbocycles. The van der Waals surface area contributed by atoms with Gasteiger partial charge in [-0.15, -0.1) is 0 Å². The molecule has 2 atom stereocenters. The second-order valence-corrected chi connectivity index (χ2v) is 7.61. The van der Waals surface area contributed by atoms with Gasteiger partial charge in [0.1, 0.15) is 12.7 Å². The largest absolute Gasteiger partial charge is 0.341 e. The van der Waals surface area contributed by atoms with Crippen LogP contribution in [0.15, 0.2) is 12.1 Å². The first-order valence-corrected chi connectivity index (χ1v) is 9.71. The van der Waals surface area contributed by atoms with Crippen molar-refractivity contribution in [2.75, 3.05) is 31.1 Å². The average molecular weight is 395 g/mol. The predicted octanol–water partition coefficient (Wildman–Crippen LogP) is 2.20. The Bertz CT molecular complexity index is 880. The fourth-order valence-electron chi connectivity index (χ4n) is 4.02. The molecule has 2 N–H and O–H groups in total. The molecule has 2 saturated heterocycles. The van der Waals surface area contributed by atoms with Crippen molar-refractivity contribution in [2.45, 2.75) is 44.4 Å². The second kappa shape index (κ2) is 7.62. The number of alkyl halides is 1. The summed E-state index contributed by atoms with van der Waals surface area (Å²) in [5.41, 5.74) is 6.47. The number of likely N-dealkylation sites (tertiary alicyclic amines) is 1. The van der Waals surface area contributed by atoms with Crippen LogP contribution in [0.2, 0.25) is 0 Å². The fraction of sp³-hybridized carbons (Fsp3) is 0.579. The molecule has 2 fully saturated rings. The van der Waals surface area contributed by atoms with Gasteiger partial charge < -0.3 is 20.1 Å². The highest BCUT2D eigenvalue weighted by Crippen LogP contribution is 2.28. The molecule has 0 spiro atoms. The van der Waals surface area contributed by atoms with Crippen molar-refractivity contribution < 1.29 is 18.0 Å². The summed E-state index contributed by atoms with van der Waals surface area (Å²) < 4.78 is 43.0. The molecule has 2 aliphatic rings. The van der Waals surface area contributed by atoms with Crippen LogP contribution in [0, 0.1) is 11.6 Å². The monoisotopic (exact) mass is 395 g/mol. The quantitative estimate of drug-likeness (QED) is 0.865. The molecule has 0 unspecified atom stereocenters. The number of benzene rings is 1. The zero-order chi connectivity index (χ0) is 19.8. The maximum absolute atomic E-state index is 13.9. The number of anilines is 1. The van der Waals surface area contributed by atoms with Crippen molar-refractivity contribution in [2.24, 2.45) is 5.73 Å². The number of fused-ring (bicyclic) bond motifs is 1. The van der Waals surface area contributed by atoms with E-state index in [4.69, 9.17) is 5.73 Å². The lowest BCUT2D eigenvalue weighted by atomic mass is 10.1. The van der Waals surface area contributed by atoms with E-state index >= 15 is 0 Å². The lowest BCUT2D eigenvalue weighted by Gasteiger charge is -2.34. The van der Waals surface area contributed by atoms with Crippen LogP contribution >= 0.6 is 0 Å². The molecule has 0 saturated carbocycles. The summed E-state index contributed by atoms with van der Waals surface area (Å²) in [6, 6.07) is 1.41. The smallest absolute Gasteiger partial charge is 0.242 e. The first kappa shape index (κ1) is 19.0. The Morgan fingerprint density at radius 2 is 1.86 bits per heavy atom. The second-order valence-electron chi connectivity index (χ2n) is 7.61. The third-order valence-electron chi connectivity index (χ3n) is 5.63. The van der Waals surface area contributed by atoms with Crippen molar-refractivity contribution in [3.8, 4) is 0 Å². The molecule has 4 rings (SSSR count). The van der Waals surface area contributed by atoms with E-state index in [1.165, 1.54) is 0 Å². The van der Waals surface area contributed by atoms with Gasteiger partial charge in [0.25, 0.3) is 0 Å². The Morgan fingerprint density at radius 1 is 1.14 bits per heavy atom. The highest BCUT2D eigenvalue weighted by Gasteiger charge is 2.30. The van der Waals surface area contributed by atoms with E-state index in [2.05, 4.69) is 4.98 Å². The zero-order valence-electron chi connectivity index (χ0n) is 15.6. The number of carbonyl (C=O) groups excluding carboxylic acids is 1. The summed E-state index contributed by atoms with van der Waals surface area (Å²) in [6.45, 7) is 1.97.